The van der Waals surface area contributed by atoms with Crippen molar-refractivity contribution in [2.75, 3.05) is 14.2 Å². The van der Waals surface area contributed by atoms with Crippen molar-refractivity contribution in [1.29, 1.82) is 0 Å². The zero-order valence-electron chi connectivity index (χ0n) is 12.5. The minimum Gasteiger partial charge on any atom is -0.493 e. The van der Waals surface area contributed by atoms with Gasteiger partial charge in [0.2, 0.25) is 0 Å². The van der Waals surface area contributed by atoms with Gasteiger partial charge in [0.15, 0.2) is 17.3 Å². The van der Waals surface area contributed by atoms with Crippen molar-refractivity contribution in [3.05, 3.63) is 57.6 Å². The molecule has 0 aliphatic carbocycles. The third-order valence-electron chi connectivity index (χ3n) is 3.43. The highest BCUT2D eigenvalue weighted by atomic mass is 35.5. The summed E-state index contributed by atoms with van der Waals surface area (Å²) in [5.41, 5.74) is 2.93. The molecule has 0 aromatic heterocycles. The lowest BCUT2D eigenvalue weighted by Gasteiger charge is -2.13. The predicted molar refractivity (Wildman–Crippen MR) is 83.9 cm³/mol. The highest BCUT2D eigenvalue weighted by molar-refractivity contribution is 6.35. The Morgan fingerprint density at radius 2 is 1.52 bits per heavy atom. The van der Waals surface area contributed by atoms with Crippen LogP contribution < -0.4 is 9.47 Å². The lowest BCUT2D eigenvalue weighted by atomic mass is 9.94. The number of carbonyl (C=O) groups excluding carboxylic acids is 1. The summed E-state index contributed by atoms with van der Waals surface area (Å²) in [6, 6.07) is 8.97. The van der Waals surface area contributed by atoms with Gasteiger partial charge in [-0.1, -0.05) is 29.8 Å². The first-order valence-corrected chi connectivity index (χ1v) is 6.89. The summed E-state index contributed by atoms with van der Waals surface area (Å²) in [7, 11) is 3.06. The zero-order chi connectivity index (χ0) is 15.6. The van der Waals surface area contributed by atoms with E-state index in [1.807, 2.05) is 32.0 Å². The van der Waals surface area contributed by atoms with Crippen molar-refractivity contribution in [3.63, 3.8) is 0 Å². The molecule has 2 rings (SSSR count). The highest BCUT2D eigenvalue weighted by Gasteiger charge is 2.20. The zero-order valence-corrected chi connectivity index (χ0v) is 13.2. The minimum absolute atomic E-state index is 0.114. The molecule has 0 N–H and O–H groups in total. The van der Waals surface area contributed by atoms with Crippen LogP contribution in [-0.4, -0.2) is 20.0 Å². The molecule has 3 nitrogen and oxygen atoms in total. The molecule has 0 aliphatic heterocycles. The van der Waals surface area contributed by atoms with E-state index in [2.05, 4.69) is 0 Å². The molecule has 0 fully saturated rings. The van der Waals surface area contributed by atoms with Gasteiger partial charge in [-0.3, -0.25) is 4.79 Å². The summed E-state index contributed by atoms with van der Waals surface area (Å²) >= 11 is 6.23. The molecule has 0 heterocycles. The van der Waals surface area contributed by atoms with E-state index in [4.69, 9.17) is 21.1 Å². The standard InChI is InChI=1S/C17H17ClO3/c1-10-6-5-7-11(2)16(10)17(19)12-8-14(20-3)15(21-4)9-13(12)18/h5-9H,1-4H3. The van der Waals surface area contributed by atoms with E-state index in [9.17, 15) is 4.79 Å². The van der Waals surface area contributed by atoms with Crippen LogP contribution in [0.4, 0.5) is 0 Å². The Kier molecular flexibility index (Phi) is 4.53. The molecule has 0 amide bonds. The van der Waals surface area contributed by atoms with E-state index in [1.165, 1.54) is 14.2 Å². The van der Waals surface area contributed by atoms with Crippen molar-refractivity contribution in [1.82, 2.24) is 0 Å². The van der Waals surface area contributed by atoms with Crippen molar-refractivity contribution in [3.8, 4) is 11.5 Å². The minimum atomic E-state index is -0.114. The Bertz CT molecular complexity index is 672. The predicted octanol–water partition coefficient (Wildman–Crippen LogP) is 4.21. The van der Waals surface area contributed by atoms with Gasteiger partial charge in [-0.15, -0.1) is 0 Å². The molecular formula is C17H17ClO3. The average molecular weight is 305 g/mol. The van der Waals surface area contributed by atoms with Gasteiger partial charge in [0.1, 0.15) is 0 Å². The van der Waals surface area contributed by atoms with E-state index < -0.39 is 0 Å². The number of ketones is 1. The summed E-state index contributed by atoms with van der Waals surface area (Å²) in [6.07, 6.45) is 0. The fraction of sp³-hybridized carbons (Fsp3) is 0.235. The average Bonchev–Trinajstić information content (AvgIpc) is 2.46. The number of rotatable bonds is 4. The summed E-state index contributed by atoms with van der Waals surface area (Å²) in [6.45, 7) is 3.82. The number of hydrogen-bond acceptors (Lipinski definition) is 3. The van der Waals surface area contributed by atoms with E-state index in [0.717, 1.165) is 11.1 Å². The maximum absolute atomic E-state index is 12.8. The third-order valence-corrected chi connectivity index (χ3v) is 3.74. The van der Waals surface area contributed by atoms with Gasteiger partial charge in [0.25, 0.3) is 0 Å². The van der Waals surface area contributed by atoms with Crippen molar-refractivity contribution < 1.29 is 14.3 Å². The van der Waals surface area contributed by atoms with Crippen LogP contribution in [0.5, 0.6) is 11.5 Å². The van der Waals surface area contributed by atoms with E-state index in [-0.39, 0.29) is 5.78 Å². The van der Waals surface area contributed by atoms with E-state index in [0.29, 0.717) is 27.6 Å². The van der Waals surface area contributed by atoms with Crippen LogP contribution >= 0.6 is 11.6 Å². The Hall–Kier alpha value is -2.00. The van der Waals surface area contributed by atoms with Gasteiger partial charge in [0.05, 0.1) is 19.2 Å². The van der Waals surface area contributed by atoms with E-state index >= 15 is 0 Å². The Morgan fingerprint density at radius 3 is 2.05 bits per heavy atom. The van der Waals surface area contributed by atoms with Gasteiger partial charge < -0.3 is 9.47 Å². The van der Waals surface area contributed by atoms with Crippen LogP contribution in [0.3, 0.4) is 0 Å². The number of hydrogen-bond donors (Lipinski definition) is 0. The number of carbonyl (C=O) groups is 1. The molecule has 0 saturated heterocycles. The monoisotopic (exact) mass is 304 g/mol. The molecule has 0 bridgehead atoms. The molecule has 0 atom stereocenters. The quantitative estimate of drug-likeness (QED) is 0.794. The second-order valence-corrected chi connectivity index (χ2v) is 5.19. The van der Waals surface area contributed by atoms with Crippen LogP contribution in [0.1, 0.15) is 27.0 Å². The topological polar surface area (TPSA) is 35.5 Å². The molecule has 4 heteroatoms. The second-order valence-electron chi connectivity index (χ2n) is 4.78. The van der Waals surface area contributed by atoms with Crippen LogP contribution in [0.15, 0.2) is 30.3 Å². The second kappa shape index (κ2) is 6.19. The van der Waals surface area contributed by atoms with Gasteiger partial charge in [-0.05, 0) is 31.0 Å². The molecule has 21 heavy (non-hydrogen) atoms. The van der Waals surface area contributed by atoms with Gasteiger partial charge in [-0.2, -0.15) is 0 Å². The summed E-state index contributed by atoms with van der Waals surface area (Å²) in [5.74, 6) is 0.869. The number of halogens is 1. The molecule has 2 aromatic carbocycles. The fourth-order valence-corrected chi connectivity index (χ4v) is 2.57. The van der Waals surface area contributed by atoms with Crippen LogP contribution in [0.25, 0.3) is 0 Å². The van der Waals surface area contributed by atoms with Crippen molar-refractivity contribution in [2.45, 2.75) is 13.8 Å². The summed E-state index contributed by atoms with van der Waals surface area (Å²) in [4.78, 5) is 12.8. The molecule has 110 valence electrons. The van der Waals surface area contributed by atoms with Crippen LogP contribution in [-0.2, 0) is 0 Å². The van der Waals surface area contributed by atoms with Gasteiger partial charge in [0, 0.05) is 17.2 Å². The molecular weight excluding hydrogens is 288 g/mol. The van der Waals surface area contributed by atoms with Crippen molar-refractivity contribution >= 4 is 17.4 Å². The lowest BCUT2D eigenvalue weighted by molar-refractivity contribution is 0.103. The molecule has 0 aliphatic rings. The maximum atomic E-state index is 12.8. The Balaban J connectivity index is 2.59. The number of benzene rings is 2. The van der Waals surface area contributed by atoms with Crippen molar-refractivity contribution in [2.24, 2.45) is 0 Å². The fourth-order valence-electron chi connectivity index (χ4n) is 2.34. The highest BCUT2D eigenvalue weighted by Crippen LogP contribution is 2.34. The van der Waals surface area contributed by atoms with Gasteiger partial charge >= 0.3 is 0 Å². The first-order chi connectivity index (χ1) is 9.99. The number of methoxy groups -OCH3 is 2. The molecule has 0 radical (unpaired) electrons. The van der Waals surface area contributed by atoms with Crippen LogP contribution in [0, 0.1) is 13.8 Å². The smallest absolute Gasteiger partial charge is 0.195 e. The molecule has 0 saturated carbocycles. The molecule has 2 aromatic rings. The SMILES string of the molecule is COc1cc(Cl)c(C(=O)c2c(C)cccc2C)cc1OC. The first kappa shape index (κ1) is 15.4. The first-order valence-electron chi connectivity index (χ1n) is 6.52. The van der Waals surface area contributed by atoms with Crippen LogP contribution in [0.2, 0.25) is 5.02 Å². The lowest BCUT2D eigenvalue weighted by Crippen LogP contribution is -2.07. The number of ether oxygens (including phenoxy) is 2. The van der Waals surface area contributed by atoms with E-state index in [1.54, 1.807) is 12.1 Å². The largest absolute Gasteiger partial charge is 0.493 e. The Morgan fingerprint density at radius 1 is 1.00 bits per heavy atom. The summed E-state index contributed by atoms with van der Waals surface area (Å²) < 4.78 is 10.4. The summed E-state index contributed by atoms with van der Waals surface area (Å²) in [5, 5.41) is 0.348. The normalized spacial score (nSPS) is 10.3. The molecule has 0 unspecified atom stereocenters. The Labute approximate surface area is 129 Å². The third kappa shape index (κ3) is 2.88. The molecule has 0 spiro atoms. The maximum Gasteiger partial charge on any atom is 0.195 e. The van der Waals surface area contributed by atoms with Gasteiger partial charge in [-0.25, -0.2) is 0 Å². The number of aryl methyl sites for hydroxylation is 2.